The molecule has 1 amide bonds. The van der Waals surface area contributed by atoms with Gasteiger partial charge in [0, 0.05) is 0 Å². The number of para-hydroxylation sites is 1. The molecule has 2 aromatic rings. The third-order valence-electron chi connectivity index (χ3n) is 3.05. The Morgan fingerprint density at radius 2 is 1.82 bits per heavy atom. The largest absolute Gasteiger partial charge is 0.270 e. The van der Waals surface area contributed by atoms with Gasteiger partial charge in [0.25, 0.3) is 5.91 Å². The first-order chi connectivity index (χ1) is 10.6. The first-order valence-electron chi connectivity index (χ1n) is 6.34. The number of carbonyl (C=O) groups is 1. The van der Waals surface area contributed by atoms with Crippen molar-refractivity contribution in [3.8, 4) is 0 Å². The molecule has 1 saturated heterocycles. The molecule has 2 aromatic carbocycles. The maximum absolute atomic E-state index is 12.9. The Kier molecular flexibility index (Phi) is 4.29. The topological polar surface area (TPSA) is 20.3 Å². The van der Waals surface area contributed by atoms with Crippen molar-refractivity contribution < 1.29 is 9.18 Å². The van der Waals surface area contributed by atoms with E-state index >= 15 is 0 Å². The second-order valence-electron chi connectivity index (χ2n) is 4.52. The lowest BCUT2D eigenvalue weighted by Gasteiger charge is -2.15. The molecule has 0 spiro atoms. The van der Waals surface area contributed by atoms with Gasteiger partial charge < -0.3 is 0 Å². The number of hydrogen-bond acceptors (Lipinski definition) is 3. The fraction of sp³-hybridized carbons (Fsp3) is 0. The molecule has 0 radical (unpaired) electrons. The van der Waals surface area contributed by atoms with Gasteiger partial charge in [0.2, 0.25) is 0 Å². The summed E-state index contributed by atoms with van der Waals surface area (Å²) in [6.07, 6.45) is 1.69. The van der Waals surface area contributed by atoms with E-state index in [0.29, 0.717) is 19.9 Å². The summed E-state index contributed by atoms with van der Waals surface area (Å²) in [6.45, 7) is 0. The van der Waals surface area contributed by atoms with Gasteiger partial charge in [0.05, 0.1) is 15.6 Å². The predicted octanol–water partition coefficient (Wildman–Crippen LogP) is 4.88. The van der Waals surface area contributed by atoms with Crippen LogP contribution in [0.2, 0.25) is 5.02 Å². The fourth-order valence-electron chi connectivity index (χ4n) is 2.02. The Morgan fingerprint density at radius 1 is 1.14 bits per heavy atom. The zero-order valence-electron chi connectivity index (χ0n) is 11.1. The standard InChI is InChI=1S/C16H9ClFNOS2/c17-12-3-1-2-4-13(12)19-15(20)14(22-16(19)21)9-10-5-7-11(18)8-6-10/h1-9H/b14-9-. The van der Waals surface area contributed by atoms with Crippen molar-refractivity contribution in [3.63, 3.8) is 0 Å². The van der Waals surface area contributed by atoms with Crippen LogP contribution in [0, 0.1) is 5.82 Å². The van der Waals surface area contributed by atoms with E-state index in [1.54, 1.807) is 42.5 Å². The lowest BCUT2D eigenvalue weighted by Crippen LogP contribution is -2.27. The van der Waals surface area contributed by atoms with Crippen molar-refractivity contribution in [2.24, 2.45) is 0 Å². The SMILES string of the molecule is O=C1/C(=C/c2ccc(F)cc2)SC(=S)N1c1ccccc1Cl. The Morgan fingerprint density at radius 3 is 2.50 bits per heavy atom. The zero-order chi connectivity index (χ0) is 15.7. The molecule has 0 unspecified atom stereocenters. The summed E-state index contributed by atoms with van der Waals surface area (Å²) < 4.78 is 13.4. The third kappa shape index (κ3) is 2.92. The van der Waals surface area contributed by atoms with E-state index in [9.17, 15) is 9.18 Å². The number of halogens is 2. The van der Waals surface area contributed by atoms with E-state index in [4.69, 9.17) is 23.8 Å². The van der Waals surface area contributed by atoms with Gasteiger partial charge >= 0.3 is 0 Å². The molecule has 0 saturated carbocycles. The normalized spacial score (nSPS) is 16.6. The number of anilines is 1. The highest BCUT2D eigenvalue weighted by molar-refractivity contribution is 8.27. The number of thioether (sulfide) groups is 1. The Bertz CT molecular complexity index is 789. The van der Waals surface area contributed by atoms with Crippen molar-refractivity contribution >= 4 is 57.6 Å². The molecule has 0 aromatic heterocycles. The quantitative estimate of drug-likeness (QED) is 0.569. The minimum Gasteiger partial charge on any atom is -0.268 e. The van der Waals surface area contributed by atoms with Gasteiger partial charge in [-0.25, -0.2) is 4.39 Å². The molecular weight excluding hydrogens is 341 g/mol. The average molecular weight is 350 g/mol. The van der Waals surface area contributed by atoms with Gasteiger partial charge in [-0.2, -0.15) is 0 Å². The zero-order valence-corrected chi connectivity index (χ0v) is 13.5. The van der Waals surface area contributed by atoms with E-state index < -0.39 is 0 Å². The van der Waals surface area contributed by atoms with E-state index in [2.05, 4.69) is 0 Å². The number of nitrogens with zero attached hydrogens (tertiary/aromatic N) is 1. The summed E-state index contributed by atoms with van der Waals surface area (Å²) in [6, 6.07) is 12.9. The molecule has 2 nitrogen and oxygen atoms in total. The molecular formula is C16H9ClFNOS2. The van der Waals surface area contributed by atoms with Crippen LogP contribution in [0.4, 0.5) is 10.1 Å². The van der Waals surface area contributed by atoms with E-state index in [1.807, 2.05) is 0 Å². The summed E-state index contributed by atoms with van der Waals surface area (Å²) in [4.78, 5) is 14.5. The summed E-state index contributed by atoms with van der Waals surface area (Å²) in [5.41, 5.74) is 1.30. The highest BCUT2D eigenvalue weighted by Gasteiger charge is 2.34. The van der Waals surface area contributed by atoms with Crippen molar-refractivity contribution in [1.29, 1.82) is 0 Å². The number of rotatable bonds is 2. The van der Waals surface area contributed by atoms with Crippen LogP contribution >= 0.6 is 35.6 Å². The van der Waals surface area contributed by atoms with Gasteiger partial charge in [-0.05, 0) is 35.9 Å². The van der Waals surface area contributed by atoms with Crippen LogP contribution in [-0.2, 0) is 4.79 Å². The molecule has 22 heavy (non-hydrogen) atoms. The van der Waals surface area contributed by atoms with E-state index in [0.717, 1.165) is 5.56 Å². The van der Waals surface area contributed by atoms with Crippen LogP contribution < -0.4 is 4.90 Å². The third-order valence-corrected chi connectivity index (χ3v) is 4.68. The van der Waals surface area contributed by atoms with Gasteiger partial charge in [0.15, 0.2) is 4.32 Å². The second-order valence-corrected chi connectivity index (χ2v) is 6.60. The maximum Gasteiger partial charge on any atom is 0.270 e. The summed E-state index contributed by atoms with van der Waals surface area (Å²) in [5, 5.41) is 0.460. The molecule has 1 aliphatic rings. The molecule has 1 heterocycles. The molecule has 3 rings (SSSR count). The van der Waals surface area contributed by atoms with Crippen LogP contribution in [0.3, 0.4) is 0 Å². The molecule has 110 valence electrons. The van der Waals surface area contributed by atoms with Crippen LogP contribution in [0.25, 0.3) is 6.08 Å². The molecule has 1 aliphatic heterocycles. The Hall–Kier alpha value is -1.69. The first-order valence-corrected chi connectivity index (χ1v) is 7.94. The lowest BCUT2D eigenvalue weighted by atomic mass is 10.2. The molecule has 0 aliphatic carbocycles. The Labute approximate surface area is 141 Å². The van der Waals surface area contributed by atoms with Crippen LogP contribution in [0.15, 0.2) is 53.4 Å². The molecule has 0 N–H and O–H groups in total. The van der Waals surface area contributed by atoms with Crippen LogP contribution in [0.5, 0.6) is 0 Å². The van der Waals surface area contributed by atoms with Gasteiger partial charge in [0.1, 0.15) is 5.82 Å². The van der Waals surface area contributed by atoms with Gasteiger partial charge in [-0.1, -0.05) is 59.8 Å². The monoisotopic (exact) mass is 349 g/mol. The summed E-state index contributed by atoms with van der Waals surface area (Å²) in [7, 11) is 0. The second kappa shape index (κ2) is 6.20. The van der Waals surface area contributed by atoms with Crippen molar-refractivity contribution in [1.82, 2.24) is 0 Å². The molecule has 0 atom stereocenters. The Balaban J connectivity index is 1.95. The van der Waals surface area contributed by atoms with Gasteiger partial charge in [-0.3, -0.25) is 9.69 Å². The molecule has 6 heteroatoms. The number of benzene rings is 2. The average Bonchev–Trinajstić information content (AvgIpc) is 2.77. The molecule has 0 bridgehead atoms. The number of thiocarbonyl (C=S) groups is 1. The minimum atomic E-state index is -0.319. The fourth-order valence-corrected chi connectivity index (χ4v) is 3.52. The highest BCUT2D eigenvalue weighted by Crippen LogP contribution is 2.38. The van der Waals surface area contributed by atoms with Gasteiger partial charge in [-0.15, -0.1) is 0 Å². The summed E-state index contributed by atoms with van der Waals surface area (Å²) in [5.74, 6) is -0.548. The van der Waals surface area contributed by atoms with E-state index in [1.165, 1.54) is 28.8 Å². The van der Waals surface area contributed by atoms with Crippen molar-refractivity contribution in [2.45, 2.75) is 0 Å². The lowest BCUT2D eigenvalue weighted by molar-refractivity contribution is -0.113. The van der Waals surface area contributed by atoms with Crippen LogP contribution in [0.1, 0.15) is 5.56 Å². The number of amides is 1. The minimum absolute atomic E-state index is 0.229. The predicted molar refractivity (Wildman–Crippen MR) is 93.5 cm³/mol. The molecule has 1 fully saturated rings. The first kappa shape index (κ1) is 15.2. The highest BCUT2D eigenvalue weighted by atomic mass is 35.5. The van der Waals surface area contributed by atoms with Crippen LogP contribution in [-0.4, -0.2) is 10.2 Å². The van der Waals surface area contributed by atoms with E-state index in [-0.39, 0.29) is 11.7 Å². The van der Waals surface area contributed by atoms with Crippen molar-refractivity contribution in [2.75, 3.05) is 4.90 Å². The maximum atomic E-state index is 12.9. The number of hydrogen-bond donors (Lipinski definition) is 0. The number of carbonyl (C=O) groups excluding carboxylic acids is 1. The van der Waals surface area contributed by atoms with Crippen molar-refractivity contribution in [3.05, 3.63) is 69.8 Å². The summed E-state index contributed by atoms with van der Waals surface area (Å²) >= 11 is 12.6. The smallest absolute Gasteiger partial charge is 0.268 e.